The Hall–Kier alpha value is -3.11. The zero-order valence-corrected chi connectivity index (χ0v) is 17.2. The van der Waals surface area contributed by atoms with Gasteiger partial charge in [-0.3, -0.25) is 4.99 Å². The van der Waals surface area contributed by atoms with E-state index in [1.54, 1.807) is 17.4 Å². The molecule has 144 valence electrons. The monoisotopic (exact) mass is 389 g/mol. The topological polar surface area (TPSA) is 27.6 Å². The number of allylic oxidation sites excluding steroid dienone is 4. The average molecular weight is 390 g/mol. The minimum Gasteiger partial charge on any atom is -0.368 e. The number of hydrogen-bond donors (Lipinski definition) is 1. The van der Waals surface area contributed by atoms with E-state index >= 15 is 0 Å². The van der Waals surface area contributed by atoms with Crippen LogP contribution < -0.4 is 10.2 Å². The minimum atomic E-state index is 0. The molecule has 3 rings (SSSR count). The highest BCUT2D eigenvalue weighted by Crippen LogP contribution is 2.36. The first-order valence-corrected chi connectivity index (χ1v) is 9.94. The number of fused-ring (bicyclic) bond motifs is 1. The molecule has 0 aliphatic carbocycles. The lowest BCUT2D eigenvalue weighted by atomic mass is 10.1. The lowest BCUT2D eigenvalue weighted by Crippen LogP contribution is -2.25. The smallest absolute Gasteiger partial charge is 0.0873 e. The summed E-state index contributed by atoms with van der Waals surface area (Å²) in [5.74, 6) is 0. The molecule has 2 aromatic carbocycles. The first-order chi connectivity index (χ1) is 13.7. The van der Waals surface area contributed by atoms with Crippen molar-refractivity contribution in [2.24, 2.45) is 4.99 Å². The molecule has 1 N–H and O–H groups in total. The van der Waals surface area contributed by atoms with Gasteiger partial charge in [-0.2, -0.15) is 0 Å². The van der Waals surface area contributed by atoms with Gasteiger partial charge in [0, 0.05) is 37.5 Å². The molecule has 0 saturated carbocycles. The number of nitrogens with one attached hydrogen (secondary N) is 1. The molecule has 28 heavy (non-hydrogen) atoms. The van der Waals surface area contributed by atoms with Crippen LogP contribution in [0.3, 0.4) is 0 Å². The predicted octanol–water partition coefficient (Wildman–Crippen LogP) is 6.46. The second kappa shape index (κ2) is 9.20. The van der Waals surface area contributed by atoms with Crippen molar-refractivity contribution in [3.05, 3.63) is 90.4 Å². The fourth-order valence-electron chi connectivity index (χ4n) is 3.13. The second-order valence-electron chi connectivity index (χ2n) is 6.37. The van der Waals surface area contributed by atoms with E-state index in [1.807, 2.05) is 25.4 Å². The summed E-state index contributed by atoms with van der Waals surface area (Å²) < 4.78 is 1.27. The van der Waals surface area contributed by atoms with Gasteiger partial charge in [0.1, 0.15) is 0 Å². The van der Waals surface area contributed by atoms with E-state index in [0.29, 0.717) is 6.67 Å². The molecule has 0 unspecified atom stereocenters. The Bertz CT molecular complexity index is 1030. The Morgan fingerprint density at radius 3 is 2.61 bits per heavy atom. The summed E-state index contributed by atoms with van der Waals surface area (Å²) in [4.78, 5) is 7.64. The number of rotatable bonds is 8. The summed E-state index contributed by atoms with van der Waals surface area (Å²) in [6.45, 7) is 8.32. The Morgan fingerprint density at radius 1 is 1.18 bits per heavy atom. The van der Waals surface area contributed by atoms with Gasteiger partial charge in [0.2, 0.25) is 0 Å². The zero-order valence-electron chi connectivity index (χ0n) is 16.4. The molecular formula is C24H27N3S. The number of thiophene rings is 1. The van der Waals surface area contributed by atoms with Crippen LogP contribution in [0.1, 0.15) is 11.9 Å². The third kappa shape index (κ3) is 4.24. The Balaban J connectivity index is 0.00000300. The Kier molecular flexibility index (Phi) is 6.45. The lowest BCUT2D eigenvalue weighted by Gasteiger charge is -2.21. The number of aliphatic imine (C=N–C) groups is 1. The zero-order chi connectivity index (χ0) is 19.9. The quantitative estimate of drug-likeness (QED) is 0.272. The SMILES string of the molecule is C=C/C=C(\C=C)c1ccc(NCN(C)c2c(C=NC)sc3ccccc23)cc1.[HH]. The van der Waals surface area contributed by atoms with Crippen LogP contribution in [-0.2, 0) is 0 Å². The van der Waals surface area contributed by atoms with Gasteiger partial charge < -0.3 is 10.2 Å². The number of benzene rings is 2. The maximum atomic E-state index is 4.23. The molecule has 4 heteroatoms. The van der Waals surface area contributed by atoms with E-state index in [4.69, 9.17) is 0 Å². The standard InChI is InChI=1S/C24H25N3S.H2/c1-5-9-18(6-2)19-12-14-20(15-13-19)26-17-27(4)24-21-10-7-8-11-22(21)28-23(24)16-25-3;/h5-16,26H,1-2,17H2,3-4H3;1H/b18-9+,25-16?;. The van der Waals surface area contributed by atoms with Crippen LogP contribution in [0, 0.1) is 0 Å². The molecule has 0 bridgehead atoms. The van der Waals surface area contributed by atoms with Crippen molar-refractivity contribution < 1.29 is 1.43 Å². The normalized spacial score (nSPS) is 11.7. The van der Waals surface area contributed by atoms with Gasteiger partial charge in [0.25, 0.3) is 0 Å². The van der Waals surface area contributed by atoms with E-state index in [2.05, 4.69) is 83.9 Å². The summed E-state index contributed by atoms with van der Waals surface area (Å²) >= 11 is 1.77. The maximum absolute atomic E-state index is 4.23. The van der Waals surface area contributed by atoms with E-state index < -0.39 is 0 Å². The Labute approximate surface area is 172 Å². The van der Waals surface area contributed by atoms with Crippen LogP contribution in [0.2, 0.25) is 0 Å². The molecule has 0 radical (unpaired) electrons. The summed E-state index contributed by atoms with van der Waals surface area (Å²) in [7, 11) is 3.91. The van der Waals surface area contributed by atoms with Gasteiger partial charge in [0.05, 0.1) is 17.2 Å². The Morgan fingerprint density at radius 2 is 1.93 bits per heavy atom. The average Bonchev–Trinajstić information content (AvgIpc) is 3.09. The summed E-state index contributed by atoms with van der Waals surface area (Å²) in [5, 5.41) is 4.76. The highest BCUT2D eigenvalue weighted by atomic mass is 32.1. The van der Waals surface area contributed by atoms with Crippen molar-refractivity contribution in [2.45, 2.75) is 0 Å². The van der Waals surface area contributed by atoms with Gasteiger partial charge in [-0.25, -0.2) is 0 Å². The summed E-state index contributed by atoms with van der Waals surface area (Å²) in [5.41, 5.74) is 4.46. The van der Waals surface area contributed by atoms with E-state index in [-0.39, 0.29) is 1.43 Å². The number of nitrogens with zero attached hydrogens (tertiary/aromatic N) is 2. The van der Waals surface area contributed by atoms with Crippen molar-refractivity contribution in [3.8, 4) is 0 Å². The molecule has 0 spiro atoms. The van der Waals surface area contributed by atoms with Crippen molar-refractivity contribution in [3.63, 3.8) is 0 Å². The molecule has 0 aliphatic rings. The van der Waals surface area contributed by atoms with Crippen LogP contribution in [0.25, 0.3) is 15.7 Å². The van der Waals surface area contributed by atoms with Gasteiger partial charge in [-0.15, -0.1) is 11.3 Å². The largest absolute Gasteiger partial charge is 0.368 e. The second-order valence-corrected chi connectivity index (χ2v) is 7.45. The molecule has 3 nitrogen and oxygen atoms in total. The molecule has 3 aromatic rings. The van der Waals surface area contributed by atoms with E-state index in [9.17, 15) is 0 Å². The van der Waals surface area contributed by atoms with Crippen LogP contribution in [0.15, 0.2) is 84.9 Å². The number of anilines is 2. The van der Waals surface area contributed by atoms with E-state index in [0.717, 1.165) is 16.8 Å². The molecule has 1 heterocycles. The fourth-order valence-corrected chi connectivity index (χ4v) is 4.31. The molecule has 0 aliphatic heterocycles. The third-order valence-electron chi connectivity index (χ3n) is 4.48. The van der Waals surface area contributed by atoms with Crippen LogP contribution in [0.5, 0.6) is 0 Å². The van der Waals surface area contributed by atoms with Crippen molar-refractivity contribution in [1.82, 2.24) is 0 Å². The number of hydrogen-bond acceptors (Lipinski definition) is 4. The fraction of sp³-hybridized carbons (Fsp3) is 0.125. The first-order valence-electron chi connectivity index (χ1n) is 9.12. The highest BCUT2D eigenvalue weighted by molar-refractivity contribution is 7.21. The summed E-state index contributed by atoms with van der Waals surface area (Å²) in [6, 6.07) is 16.8. The third-order valence-corrected chi connectivity index (χ3v) is 5.57. The highest BCUT2D eigenvalue weighted by Gasteiger charge is 2.14. The molecule has 0 saturated heterocycles. The van der Waals surface area contributed by atoms with Crippen LogP contribution >= 0.6 is 11.3 Å². The predicted molar refractivity (Wildman–Crippen MR) is 129 cm³/mol. The maximum Gasteiger partial charge on any atom is 0.0873 e. The van der Waals surface area contributed by atoms with Crippen molar-refractivity contribution in [1.29, 1.82) is 0 Å². The van der Waals surface area contributed by atoms with Crippen LogP contribution in [0.4, 0.5) is 11.4 Å². The molecule has 0 atom stereocenters. The molecular weight excluding hydrogens is 362 g/mol. The van der Waals surface area contributed by atoms with Crippen molar-refractivity contribution in [2.75, 3.05) is 31.0 Å². The van der Waals surface area contributed by atoms with Gasteiger partial charge in [-0.05, 0) is 29.3 Å². The van der Waals surface area contributed by atoms with E-state index in [1.165, 1.54) is 20.7 Å². The van der Waals surface area contributed by atoms with Gasteiger partial charge >= 0.3 is 0 Å². The summed E-state index contributed by atoms with van der Waals surface area (Å²) in [6.07, 6.45) is 7.52. The van der Waals surface area contributed by atoms with Crippen LogP contribution in [-0.4, -0.2) is 27.0 Å². The molecule has 0 fully saturated rings. The minimum absolute atomic E-state index is 0. The van der Waals surface area contributed by atoms with Gasteiger partial charge in [0.15, 0.2) is 0 Å². The molecule has 0 amide bonds. The molecule has 1 aromatic heterocycles. The van der Waals surface area contributed by atoms with Gasteiger partial charge in [-0.1, -0.05) is 61.7 Å². The lowest BCUT2D eigenvalue weighted by molar-refractivity contribution is 0.986. The first kappa shape index (κ1) is 19.6. The van der Waals surface area contributed by atoms with Crippen molar-refractivity contribution >= 4 is 44.6 Å².